The van der Waals surface area contributed by atoms with Crippen LogP contribution in [-0.4, -0.2) is 140 Å². The van der Waals surface area contributed by atoms with E-state index in [1.54, 1.807) is 6.08 Å². The standard InChI is InChI=1S/C46H87NO13/c1-3-5-7-9-11-13-14-15-16-17-18-19-20-21-22-24-26-28-30-38(51)47-34(35(50)29-27-25-23-12-10-8-6-4-2)33-57-45-43(56)41(54)44(37(32-49)59-45)60-46-42(55)40(53)39(52)36(31-48)58-46/h27,29,34-37,39-46,48-50,52-56H,3-26,28,30-33H2,1-2H3,(H,47,51)/b29-27+. The molecule has 9 N–H and O–H groups in total. The maximum absolute atomic E-state index is 13.1. The summed E-state index contributed by atoms with van der Waals surface area (Å²) in [6.45, 7) is 2.73. The van der Waals surface area contributed by atoms with Gasteiger partial charge in [0.1, 0.15) is 48.8 Å². The van der Waals surface area contributed by atoms with Gasteiger partial charge in [-0.1, -0.05) is 167 Å². The molecule has 12 unspecified atom stereocenters. The van der Waals surface area contributed by atoms with Crippen molar-refractivity contribution in [3.8, 4) is 0 Å². The molecule has 2 aliphatic rings. The number of aliphatic hydroxyl groups is 8. The second kappa shape index (κ2) is 34.2. The highest BCUT2D eigenvalue weighted by Crippen LogP contribution is 2.30. The molecular formula is C46H87NO13. The Hall–Kier alpha value is -1.27. The van der Waals surface area contributed by atoms with Gasteiger partial charge >= 0.3 is 0 Å². The Balaban J connectivity index is 1.81. The summed E-state index contributed by atoms with van der Waals surface area (Å²) < 4.78 is 22.6. The lowest BCUT2D eigenvalue weighted by Crippen LogP contribution is -2.65. The Morgan fingerprint density at radius 2 is 1.03 bits per heavy atom. The molecule has 2 heterocycles. The van der Waals surface area contributed by atoms with Crippen LogP contribution in [0, 0.1) is 0 Å². The van der Waals surface area contributed by atoms with Gasteiger partial charge in [0.2, 0.25) is 5.91 Å². The molecule has 14 heteroatoms. The second-order valence-electron chi connectivity index (χ2n) is 17.2. The lowest BCUT2D eigenvalue weighted by atomic mass is 9.97. The number of carbonyl (C=O) groups is 1. The van der Waals surface area contributed by atoms with Gasteiger partial charge in [0, 0.05) is 6.42 Å². The lowest BCUT2D eigenvalue weighted by Gasteiger charge is -2.46. The maximum atomic E-state index is 13.1. The third-order valence-corrected chi connectivity index (χ3v) is 12.0. The predicted molar refractivity (Wildman–Crippen MR) is 231 cm³/mol. The minimum absolute atomic E-state index is 0.241. The smallest absolute Gasteiger partial charge is 0.220 e. The molecule has 1 amide bonds. The number of rotatable bonds is 36. The van der Waals surface area contributed by atoms with Crippen molar-refractivity contribution in [2.45, 2.75) is 254 Å². The molecule has 2 saturated heterocycles. The molecule has 0 aromatic heterocycles. The molecule has 14 nitrogen and oxygen atoms in total. The fourth-order valence-electron chi connectivity index (χ4n) is 8.00. The van der Waals surface area contributed by atoms with E-state index < -0.39 is 86.8 Å². The van der Waals surface area contributed by atoms with Crippen molar-refractivity contribution in [1.82, 2.24) is 5.32 Å². The number of hydrogen-bond donors (Lipinski definition) is 9. The summed E-state index contributed by atoms with van der Waals surface area (Å²) in [5.41, 5.74) is 0. The van der Waals surface area contributed by atoms with E-state index >= 15 is 0 Å². The average molecular weight is 862 g/mol. The molecule has 354 valence electrons. The molecule has 2 fully saturated rings. The van der Waals surface area contributed by atoms with Gasteiger partial charge in [0.05, 0.1) is 32.0 Å². The molecule has 0 aromatic carbocycles. The SMILES string of the molecule is CCCCCCCC/C=C/C(O)C(COC1OC(CO)C(OC2OC(CO)C(O)C(O)C2O)C(O)C1O)NC(=O)CCCCCCCCCCCCCCCCCCCC. The van der Waals surface area contributed by atoms with Crippen LogP contribution < -0.4 is 5.32 Å². The number of hydrogen-bond acceptors (Lipinski definition) is 13. The lowest BCUT2D eigenvalue weighted by molar-refractivity contribution is -0.359. The monoisotopic (exact) mass is 862 g/mol. The first-order valence-corrected chi connectivity index (χ1v) is 23.9. The number of ether oxygens (including phenoxy) is 4. The van der Waals surface area contributed by atoms with Gasteiger partial charge in [-0.05, 0) is 19.3 Å². The van der Waals surface area contributed by atoms with E-state index in [0.29, 0.717) is 6.42 Å². The topological polar surface area (TPSA) is 228 Å². The molecule has 12 atom stereocenters. The summed E-state index contributed by atoms with van der Waals surface area (Å²) in [6.07, 6.45) is 17.1. The molecule has 2 aliphatic heterocycles. The predicted octanol–water partition coefficient (Wildman–Crippen LogP) is 5.21. The van der Waals surface area contributed by atoms with Crippen LogP contribution in [0.1, 0.15) is 181 Å². The highest BCUT2D eigenvalue weighted by Gasteiger charge is 2.51. The Kier molecular flexibility index (Phi) is 31.3. The molecule has 0 spiro atoms. The van der Waals surface area contributed by atoms with Crippen LogP contribution in [0.2, 0.25) is 0 Å². The average Bonchev–Trinajstić information content (AvgIpc) is 3.24. The quantitative estimate of drug-likeness (QED) is 0.0292. The number of nitrogens with one attached hydrogen (secondary N) is 1. The number of aliphatic hydroxyl groups excluding tert-OH is 8. The van der Waals surface area contributed by atoms with Crippen molar-refractivity contribution in [1.29, 1.82) is 0 Å². The van der Waals surface area contributed by atoms with Gasteiger partial charge < -0.3 is 65.1 Å². The zero-order valence-corrected chi connectivity index (χ0v) is 37.2. The first kappa shape index (κ1) is 54.9. The van der Waals surface area contributed by atoms with Crippen LogP contribution in [0.25, 0.3) is 0 Å². The fraction of sp³-hybridized carbons (Fsp3) is 0.935. The summed E-state index contributed by atoms with van der Waals surface area (Å²) in [5, 5.41) is 86.3. The van der Waals surface area contributed by atoms with E-state index in [-0.39, 0.29) is 18.9 Å². The number of amides is 1. The van der Waals surface area contributed by atoms with Crippen LogP contribution in [-0.2, 0) is 23.7 Å². The minimum atomic E-state index is -1.78. The van der Waals surface area contributed by atoms with Crippen molar-refractivity contribution in [2.75, 3.05) is 19.8 Å². The van der Waals surface area contributed by atoms with Gasteiger partial charge in [0.15, 0.2) is 12.6 Å². The third kappa shape index (κ3) is 21.9. The number of unbranched alkanes of at least 4 members (excludes halogenated alkanes) is 23. The van der Waals surface area contributed by atoms with Gasteiger partial charge in [-0.25, -0.2) is 0 Å². The largest absolute Gasteiger partial charge is 0.394 e. The van der Waals surface area contributed by atoms with Gasteiger partial charge in [-0.2, -0.15) is 0 Å². The molecule has 0 radical (unpaired) electrons. The van der Waals surface area contributed by atoms with E-state index in [4.69, 9.17) is 18.9 Å². The first-order valence-electron chi connectivity index (χ1n) is 23.9. The zero-order chi connectivity index (χ0) is 44.0. The van der Waals surface area contributed by atoms with Crippen LogP contribution >= 0.6 is 0 Å². The number of allylic oxidation sites excluding steroid dienone is 1. The fourth-order valence-corrected chi connectivity index (χ4v) is 8.00. The van der Waals surface area contributed by atoms with Crippen molar-refractivity contribution >= 4 is 5.91 Å². The van der Waals surface area contributed by atoms with Crippen molar-refractivity contribution in [3.05, 3.63) is 12.2 Å². The Bertz CT molecular complexity index is 1070. The normalized spacial score (nSPS) is 28.3. The summed E-state index contributed by atoms with van der Waals surface area (Å²) in [5.74, 6) is -0.241. The molecule has 2 rings (SSSR count). The first-order chi connectivity index (χ1) is 29.1. The molecule has 0 bridgehead atoms. The maximum Gasteiger partial charge on any atom is 0.220 e. The highest BCUT2D eigenvalue weighted by molar-refractivity contribution is 5.76. The van der Waals surface area contributed by atoms with Crippen LogP contribution in [0.15, 0.2) is 12.2 Å². The van der Waals surface area contributed by atoms with Crippen LogP contribution in [0.5, 0.6) is 0 Å². The Labute approximate surface area is 361 Å². The van der Waals surface area contributed by atoms with E-state index in [0.717, 1.165) is 44.9 Å². The van der Waals surface area contributed by atoms with Gasteiger partial charge in [-0.15, -0.1) is 0 Å². The van der Waals surface area contributed by atoms with Gasteiger partial charge in [0.25, 0.3) is 0 Å². The summed E-state index contributed by atoms with van der Waals surface area (Å²) in [4.78, 5) is 13.1. The van der Waals surface area contributed by atoms with E-state index in [1.165, 1.54) is 109 Å². The zero-order valence-electron chi connectivity index (χ0n) is 37.2. The molecular weight excluding hydrogens is 774 g/mol. The summed E-state index contributed by atoms with van der Waals surface area (Å²) >= 11 is 0. The van der Waals surface area contributed by atoms with E-state index in [2.05, 4.69) is 19.2 Å². The van der Waals surface area contributed by atoms with Crippen LogP contribution in [0.3, 0.4) is 0 Å². The third-order valence-electron chi connectivity index (χ3n) is 12.0. The molecule has 60 heavy (non-hydrogen) atoms. The van der Waals surface area contributed by atoms with E-state index in [9.17, 15) is 45.6 Å². The van der Waals surface area contributed by atoms with Gasteiger partial charge in [-0.3, -0.25) is 4.79 Å². The molecule has 0 aliphatic carbocycles. The van der Waals surface area contributed by atoms with E-state index in [1.807, 2.05) is 6.08 Å². The summed E-state index contributed by atoms with van der Waals surface area (Å²) in [6, 6.07) is -0.905. The molecule has 0 aromatic rings. The number of carbonyl (C=O) groups excluding carboxylic acids is 1. The second-order valence-corrected chi connectivity index (χ2v) is 17.2. The van der Waals surface area contributed by atoms with Crippen molar-refractivity contribution in [2.24, 2.45) is 0 Å². The highest BCUT2D eigenvalue weighted by atomic mass is 16.7. The summed E-state index contributed by atoms with van der Waals surface area (Å²) in [7, 11) is 0. The van der Waals surface area contributed by atoms with Crippen molar-refractivity contribution < 1.29 is 64.6 Å². The molecule has 0 saturated carbocycles. The Morgan fingerprint density at radius 3 is 1.53 bits per heavy atom. The Morgan fingerprint density at radius 1 is 0.583 bits per heavy atom. The minimum Gasteiger partial charge on any atom is -0.394 e. The van der Waals surface area contributed by atoms with Crippen LogP contribution in [0.4, 0.5) is 0 Å². The van der Waals surface area contributed by atoms with Crippen molar-refractivity contribution in [3.63, 3.8) is 0 Å².